The predicted molar refractivity (Wildman–Crippen MR) is 71.9 cm³/mol. The maximum Gasteiger partial charge on any atom is 0.0501 e. The number of hydrogen-bond acceptors (Lipinski definition) is 2. The second kappa shape index (κ2) is 6.75. The van der Waals surface area contributed by atoms with Crippen molar-refractivity contribution in [2.75, 3.05) is 0 Å². The van der Waals surface area contributed by atoms with E-state index < -0.39 is 10.8 Å². The van der Waals surface area contributed by atoms with Gasteiger partial charge in [-0.2, -0.15) is 0 Å². The van der Waals surface area contributed by atoms with Crippen LogP contribution in [0.1, 0.15) is 59.3 Å². The maximum atomic E-state index is 12.4. The van der Waals surface area contributed by atoms with Crippen molar-refractivity contribution in [1.29, 1.82) is 0 Å². The highest BCUT2D eigenvalue weighted by atomic mass is 32.2. The molecule has 4 atom stereocenters. The summed E-state index contributed by atoms with van der Waals surface area (Å²) < 4.78 is 12.4. The molecule has 0 aromatic rings. The molecule has 4 unspecified atom stereocenters. The van der Waals surface area contributed by atoms with E-state index in [0.29, 0.717) is 5.92 Å². The Morgan fingerprint density at radius 2 is 1.62 bits per heavy atom. The Balaban J connectivity index is 2.63. The zero-order valence-electron chi connectivity index (χ0n) is 10.9. The fourth-order valence-electron chi connectivity index (χ4n) is 2.31. The van der Waals surface area contributed by atoms with Crippen LogP contribution in [0.3, 0.4) is 0 Å². The minimum Gasteiger partial charge on any atom is -0.327 e. The summed E-state index contributed by atoms with van der Waals surface area (Å²) in [7, 11) is -0.755. The van der Waals surface area contributed by atoms with Crippen molar-refractivity contribution in [2.45, 2.75) is 75.8 Å². The van der Waals surface area contributed by atoms with Crippen LogP contribution in [0.4, 0.5) is 0 Å². The van der Waals surface area contributed by atoms with Crippen LogP contribution in [-0.4, -0.2) is 20.8 Å². The van der Waals surface area contributed by atoms with Gasteiger partial charge in [0.05, 0.1) is 5.25 Å². The molecule has 96 valence electrons. The zero-order chi connectivity index (χ0) is 12.1. The lowest BCUT2D eigenvalue weighted by Gasteiger charge is -2.29. The molecule has 3 heteroatoms. The molecule has 1 rings (SSSR count). The van der Waals surface area contributed by atoms with Crippen LogP contribution in [0.2, 0.25) is 0 Å². The fraction of sp³-hybridized carbons (Fsp3) is 1.00. The summed E-state index contributed by atoms with van der Waals surface area (Å²) in [6.45, 7) is 6.40. The van der Waals surface area contributed by atoms with Gasteiger partial charge in [0, 0.05) is 22.1 Å². The Morgan fingerprint density at radius 3 is 2.19 bits per heavy atom. The molecule has 0 bridgehead atoms. The lowest BCUT2D eigenvalue weighted by Crippen LogP contribution is -2.42. The van der Waals surface area contributed by atoms with Crippen LogP contribution < -0.4 is 5.73 Å². The summed E-state index contributed by atoms with van der Waals surface area (Å²) in [5.41, 5.74) is 6.19. The highest BCUT2D eigenvalue weighted by Crippen LogP contribution is 2.24. The Kier molecular flexibility index (Phi) is 5.98. The van der Waals surface area contributed by atoms with Crippen molar-refractivity contribution in [3.05, 3.63) is 0 Å². The molecule has 1 saturated carbocycles. The predicted octanol–water partition coefficient (Wildman–Crippen LogP) is 2.83. The first-order valence-corrected chi connectivity index (χ1v) is 7.96. The summed E-state index contributed by atoms with van der Waals surface area (Å²) in [4.78, 5) is 0. The van der Waals surface area contributed by atoms with Crippen molar-refractivity contribution in [3.63, 3.8) is 0 Å². The number of nitrogens with two attached hydrogens (primary N) is 1. The Bertz CT molecular complexity index is 230. The third-order valence-corrected chi connectivity index (χ3v) is 6.32. The summed E-state index contributed by atoms with van der Waals surface area (Å²) in [6, 6.07) is 0.155. The Labute approximate surface area is 103 Å². The minimum absolute atomic E-state index is 0.155. The van der Waals surface area contributed by atoms with Gasteiger partial charge in [-0.15, -0.1) is 0 Å². The first kappa shape index (κ1) is 14.2. The highest BCUT2D eigenvalue weighted by molar-refractivity contribution is 7.86. The third-order valence-electron chi connectivity index (χ3n) is 3.86. The molecule has 0 aliphatic heterocycles. The van der Waals surface area contributed by atoms with Crippen LogP contribution in [0, 0.1) is 5.92 Å². The van der Waals surface area contributed by atoms with E-state index >= 15 is 0 Å². The Morgan fingerprint density at radius 1 is 1.06 bits per heavy atom. The smallest absolute Gasteiger partial charge is 0.0501 e. The first-order valence-electron chi connectivity index (χ1n) is 6.69. The van der Waals surface area contributed by atoms with Crippen LogP contribution in [-0.2, 0) is 10.8 Å². The SMILES string of the molecule is CC(C)C(C)S(=O)C1CCCCCCC1N. The van der Waals surface area contributed by atoms with Crippen LogP contribution in [0.5, 0.6) is 0 Å². The molecule has 0 aromatic carbocycles. The normalized spacial score (nSPS) is 31.8. The molecule has 0 heterocycles. The average molecular weight is 245 g/mol. The van der Waals surface area contributed by atoms with E-state index in [0.717, 1.165) is 12.8 Å². The fourth-order valence-corrected chi connectivity index (χ4v) is 4.28. The number of hydrogen-bond donors (Lipinski definition) is 1. The Hall–Kier alpha value is 0.110. The first-order chi connectivity index (χ1) is 7.54. The molecule has 16 heavy (non-hydrogen) atoms. The lowest BCUT2D eigenvalue weighted by molar-refractivity contribution is 0.452. The molecule has 2 N–H and O–H groups in total. The molecule has 1 fully saturated rings. The van der Waals surface area contributed by atoms with E-state index in [1.807, 2.05) is 0 Å². The summed E-state index contributed by atoms with van der Waals surface area (Å²) >= 11 is 0. The van der Waals surface area contributed by atoms with E-state index in [-0.39, 0.29) is 16.5 Å². The van der Waals surface area contributed by atoms with E-state index in [9.17, 15) is 4.21 Å². The topological polar surface area (TPSA) is 43.1 Å². The van der Waals surface area contributed by atoms with Crippen molar-refractivity contribution in [2.24, 2.45) is 11.7 Å². The van der Waals surface area contributed by atoms with Crippen LogP contribution >= 0.6 is 0 Å². The molecule has 0 radical (unpaired) electrons. The molecule has 2 nitrogen and oxygen atoms in total. The molecule has 0 spiro atoms. The summed E-state index contributed by atoms with van der Waals surface area (Å²) in [6.07, 6.45) is 7.12. The second-order valence-corrected chi connectivity index (χ2v) is 7.48. The lowest BCUT2D eigenvalue weighted by atomic mass is 9.97. The minimum atomic E-state index is -0.755. The van der Waals surface area contributed by atoms with Crippen molar-refractivity contribution in [3.8, 4) is 0 Å². The number of rotatable bonds is 3. The van der Waals surface area contributed by atoms with Crippen molar-refractivity contribution >= 4 is 10.8 Å². The van der Waals surface area contributed by atoms with Gasteiger partial charge < -0.3 is 5.73 Å². The van der Waals surface area contributed by atoms with Crippen molar-refractivity contribution < 1.29 is 4.21 Å². The van der Waals surface area contributed by atoms with Gasteiger partial charge in [-0.3, -0.25) is 4.21 Å². The molecule has 0 aromatic heterocycles. The monoisotopic (exact) mass is 245 g/mol. The third kappa shape index (κ3) is 3.85. The van der Waals surface area contributed by atoms with E-state index in [1.54, 1.807) is 0 Å². The second-order valence-electron chi connectivity index (χ2n) is 5.47. The van der Waals surface area contributed by atoms with Gasteiger partial charge in [-0.05, 0) is 18.8 Å². The van der Waals surface area contributed by atoms with Crippen molar-refractivity contribution in [1.82, 2.24) is 0 Å². The molecule has 1 aliphatic rings. The largest absolute Gasteiger partial charge is 0.327 e. The quantitative estimate of drug-likeness (QED) is 0.831. The van der Waals surface area contributed by atoms with Gasteiger partial charge in [0.1, 0.15) is 0 Å². The maximum absolute atomic E-state index is 12.4. The summed E-state index contributed by atoms with van der Waals surface area (Å²) in [5, 5.41) is 0.508. The van der Waals surface area contributed by atoms with E-state index in [4.69, 9.17) is 5.73 Å². The molecule has 0 amide bonds. The molecular weight excluding hydrogens is 218 g/mol. The van der Waals surface area contributed by atoms with Gasteiger partial charge in [0.2, 0.25) is 0 Å². The molecule has 0 saturated heterocycles. The van der Waals surface area contributed by atoms with Gasteiger partial charge in [-0.1, -0.05) is 46.5 Å². The van der Waals surface area contributed by atoms with E-state index in [2.05, 4.69) is 20.8 Å². The van der Waals surface area contributed by atoms with Gasteiger partial charge in [0.15, 0.2) is 0 Å². The van der Waals surface area contributed by atoms with Gasteiger partial charge >= 0.3 is 0 Å². The molecular formula is C13H27NOS. The zero-order valence-corrected chi connectivity index (χ0v) is 11.8. The average Bonchev–Trinajstić information content (AvgIpc) is 2.22. The van der Waals surface area contributed by atoms with Gasteiger partial charge in [0.25, 0.3) is 0 Å². The molecule has 1 aliphatic carbocycles. The van der Waals surface area contributed by atoms with E-state index in [1.165, 1.54) is 25.7 Å². The highest BCUT2D eigenvalue weighted by Gasteiger charge is 2.29. The van der Waals surface area contributed by atoms with Crippen LogP contribution in [0.25, 0.3) is 0 Å². The van der Waals surface area contributed by atoms with Crippen LogP contribution in [0.15, 0.2) is 0 Å². The summed E-state index contributed by atoms with van der Waals surface area (Å²) in [5.74, 6) is 0.485. The standard InChI is InChI=1S/C13H27NOS/c1-10(2)11(3)16(15)13-9-7-5-4-6-8-12(13)14/h10-13H,4-9,14H2,1-3H3. The van der Waals surface area contributed by atoms with Gasteiger partial charge in [-0.25, -0.2) is 0 Å².